The molecule has 0 aromatic rings. The molecule has 0 aromatic heterocycles. The molecule has 1 rings (SSSR count). The van der Waals surface area contributed by atoms with Crippen molar-refractivity contribution in [1.82, 2.24) is 5.32 Å². The second kappa shape index (κ2) is 7.84. The molecule has 0 spiro atoms. The molecule has 1 aliphatic carbocycles. The van der Waals surface area contributed by atoms with Crippen LogP contribution in [0.1, 0.15) is 39.0 Å². The summed E-state index contributed by atoms with van der Waals surface area (Å²) in [5.41, 5.74) is 0. The van der Waals surface area contributed by atoms with Crippen molar-refractivity contribution in [3.63, 3.8) is 0 Å². The maximum atomic E-state index is 11.7. The van der Waals surface area contributed by atoms with Crippen LogP contribution in [0.4, 0.5) is 0 Å². The molecule has 0 aromatic carbocycles. The van der Waals surface area contributed by atoms with Crippen molar-refractivity contribution in [2.75, 3.05) is 6.61 Å². The van der Waals surface area contributed by atoms with Gasteiger partial charge < -0.3 is 20.3 Å². The number of carboxylic acid groups (broad SMARTS) is 2. The van der Waals surface area contributed by atoms with Crippen molar-refractivity contribution in [1.29, 1.82) is 0 Å². The van der Waals surface area contributed by atoms with Gasteiger partial charge in [0.25, 0.3) is 0 Å². The molecular weight excluding hydrogens is 266 g/mol. The molecule has 1 saturated carbocycles. The standard InChI is InChI=1S/C13H21NO6/c1-2-20-9-5-8(6-9)7-11(15)14-10(13(18)19)3-4-12(16)17/h8-10H,2-7H2,1H3,(H,14,15)(H,16,17)(H,18,19). The fraction of sp³-hybridized carbons (Fsp3) is 0.769. The third kappa shape index (κ3) is 5.56. The normalized spacial score (nSPS) is 22.6. The maximum Gasteiger partial charge on any atom is 0.326 e. The summed E-state index contributed by atoms with van der Waals surface area (Å²) in [6.07, 6.45) is 1.71. The Morgan fingerprint density at radius 3 is 2.45 bits per heavy atom. The molecule has 0 heterocycles. The van der Waals surface area contributed by atoms with E-state index in [0.29, 0.717) is 6.61 Å². The van der Waals surface area contributed by atoms with Gasteiger partial charge in [0.2, 0.25) is 5.91 Å². The zero-order chi connectivity index (χ0) is 15.1. The van der Waals surface area contributed by atoms with E-state index in [2.05, 4.69) is 5.32 Å². The number of hydrogen-bond donors (Lipinski definition) is 3. The van der Waals surface area contributed by atoms with Crippen LogP contribution in [-0.2, 0) is 19.1 Å². The summed E-state index contributed by atoms with van der Waals surface area (Å²) < 4.78 is 5.38. The monoisotopic (exact) mass is 287 g/mol. The predicted octanol–water partition coefficient (Wildman–Crippen LogP) is 0.626. The molecule has 1 unspecified atom stereocenters. The number of carbonyl (C=O) groups excluding carboxylic acids is 1. The summed E-state index contributed by atoms with van der Waals surface area (Å²) >= 11 is 0. The molecule has 114 valence electrons. The first-order chi connectivity index (χ1) is 9.42. The van der Waals surface area contributed by atoms with Crippen LogP contribution in [0.25, 0.3) is 0 Å². The van der Waals surface area contributed by atoms with Crippen LogP contribution in [0.3, 0.4) is 0 Å². The first-order valence-corrected chi connectivity index (χ1v) is 6.78. The minimum absolute atomic E-state index is 0.108. The van der Waals surface area contributed by atoms with Crippen LogP contribution in [0.2, 0.25) is 0 Å². The molecule has 7 nitrogen and oxygen atoms in total. The first-order valence-electron chi connectivity index (χ1n) is 6.78. The Balaban J connectivity index is 2.28. The lowest BCUT2D eigenvalue weighted by Crippen LogP contribution is -2.43. The summed E-state index contributed by atoms with van der Waals surface area (Å²) in [5, 5.41) is 19.8. The van der Waals surface area contributed by atoms with E-state index in [1.165, 1.54) is 0 Å². The lowest BCUT2D eigenvalue weighted by molar-refractivity contribution is -0.143. The van der Waals surface area contributed by atoms with Gasteiger partial charge in [-0.25, -0.2) is 4.79 Å². The van der Waals surface area contributed by atoms with Gasteiger partial charge in [0.1, 0.15) is 6.04 Å². The molecule has 1 aliphatic rings. The van der Waals surface area contributed by atoms with Crippen molar-refractivity contribution in [2.45, 2.75) is 51.2 Å². The molecule has 0 radical (unpaired) electrons. The van der Waals surface area contributed by atoms with Crippen LogP contribution in [0.5, 0.6) is 0 Å². The van der Waals surface area contributed by atoms with Gasteiger partial charge >= 0.3 is 11.9 Å². The fourth-order valence-electron chi connectivity index (χ4n) is 2.25. The van der Waals surface area contributed by atoms with E-state index in [4.69, 9.17) is 14.9 Å². The third-order valence-electron chi connectivity index (χ3n) is 3.35. The molecule has 1 fully saturated rings. The first kappa shape index (κ1) is 16.4. The Morgan fingerprint density at radius 2 is 1.95 bits per heavy atom. The van der Waals surface area contributed by atoms with E-state index < -0.39 is 18.0 Å². The second-order valence-electron chi connectivity index (χ2n) is 5.01. The zero-order valence-electron chi connectivity index (χ0n) is 11.5. The average Bonchev–Trinajstić information content (AvgIpc) is 2.31. The van der Waals surface area contributed by atoms with Crippen LogP contribution in [0.15, 0.2) is 0 Å². The Morgan fingerprint density at radius 1 is 1.30 bits per heavy atom. The van der Waals surface area contributed by atoms with E-state index in [-0.39, 0.29) is 37.2 Å². The van der Waals surface area contributed by atoms with Gasteiger partial charge in [-0.2, -0.15) is 0 Å². The molecule has 1 amide bonds. The highest BCUT2D eigenvalue weighted by atomic mass is 16.5. The van der Waals surface area contributed by atoms with E-state index >= 15 is 0 Å². The number of hydrogen-bond acceptors (Lipinski definition) is 4. The average molecular weight is 287 g/mol. The van der Waals surface area contributed by atoms with Gasteiger partial charge in [0.05, 0.1) is 6.10 Å². The van der Waals surface area contributed by atoms with Crippen molar-refractivity contribution < 1.29 is 29.3 Å². The molecule has 3 N–H and O–H groups in total. The van der Waals surface area contributed by atoms with Gasteiger partial charge in [-0.1, -0.05) is 0 Å². The SMILES string of the molecule is CCOC1CC(CC(=O)NC(CCC(=O)O)C(=O)O)C1. The minimum Gasteiger partial charge on any atom is -0.481 e. The Bertz CT molecular complexity index is 364. The number of carbonyl (C=O) groups is 3. The van der Waals surface area contributed by atoms with Crippen molar-refractivity contribution in [2.24, 2.45) is 5.92 Å². The van der Waals surface area contributed by atoms with Crippen molar-refractivity contribution >= 4 is 17.8 Å². The van der Waals surface area contributed by atoms with Gasteiger partial charge in [-0.15, -0.1) is 0 Å². The quantitative estimate of drug-likeness (QED) is 0.573. The molecule has 0 aliphatic heterocycles. The molecule has 1 atom stereocenters. The molecule has 20 heavy (non-hydrogen) atoms. The number of carboxylic acids is 2. The number of rotatable bonds is 9. The van der Waals surface area contributed by atoms with Crippen molar-refractivity contribution in [3.8, 4) is 0 Å². The van der Waals surface area contributed by atoms with E-state index in [0.717, 1.165) is 12.8 Å². The second-order valence-corrected chi connectivity index (χ2v) is 5.01. The highest BCUT2D eigenvalue weighted by molar-refractivity contribution is 5.84. The molecule has 0 bridgehead atoms. The summed E-state index contributed by atoms with van der Waals surface area (Å²) in [4.78, 5) is 33.1. The molecule has 0 saturated heterocycles. The maximum absolute atomic E-state index is 11.7. The predicted molar refractivity (Wildman–Crippen MR) is 69.2 cm³/mol. The largest absolute Gasteiger partial charge is 0.481 e. The number of amides is 1. The van der Waals surface area contributed by atoms with Gasteiger partial charge in [0.15, 0.2) is 0 Å². The smallest absolute Gasteiger partial charge is 0.326 e. The summed E-state index contributed by atoms with van der Waals surface area (Å²) in [5.74, 6) is -2.41. The van der Waals surface area contributed by atoms with Gasteiger partial charge in [0, 0.05) is 19.4 Å². The third-order valence-corrected chi connectivity index (χ3v) is 3.35. The Hall–Kier alpha value is -1.63. The summed E-state index contributed by atoms with van der Waals surface area (Å²) in [6, 6.07) is -1.14. The highest BCUT2D eigenvalue weighted by Gasteiger charge is 2.32. The van der Waals surface area contributed by atoms with Crippen molar-refractivity contribution in [3.05, 3.63) is 0 Å². The molecular formula is C13H21NO6. The Kier molecular flexibility index (Phi) is 6.44. The highest BCUT2D eigenvalue weighted by Crippen LogP contribution is 2.32. The lowest BCUT2D eigenvalue weighted by atomic mass is 9.80. The minimum atomic E-state index is -1.21. The molecule has 7 heteroatoms. The van der Waals surface area contributed by atoms with Crippen LogP contribution < -0.4 is 5.32 Å². The number of aliphatic carboxylic acids is 2. The number of nitrogens with one attached hydrogen (secondary N) is 1. The van der Waals surface area contributed by atoms with Crippen LogP contribution in [-0.4, -0.2) is 46.8 Å². The van der Waals surface area contributed by atoms with E-state index in [1.54, 1.807) is 0 Å². The van der Waals surface area contributed by atoms with Gasteiger partial charge in [-0.05, 0) is 32.1 Å². The number of ether oxygens (including phenoxy) is 1. The van der Waals surface area contributed by atoms with Crippen LogP contribution in [0, 0.1) is 5.92 Å². The Labute approximate surface area is 117 Å². The lowest BCUT2D eigenvalue weighted by Gasteiger charge is -2.34. The van der Waals surface area contributed by atoms with E-state index in [9.17, 15) is 14.4 Å². The zero-order valence-corrected chi connectivity index (χ0v) is 11.5. The summed E-state index contributed by atoms with van der Waals surface area (Å²) in [7, 11) is 0. The van der Waals surface area contributed by atoms with Gasteiger partial charge in [-0.3, -0.25) is 9.59 Å². The van der Waals surface area contributed by atoms with Crippen LogP contribution >= 0.6 is 0 Å². The van der Waals surface area contributed by atoms with E-state index in [1.807, 2.05) is 6.92 Å². The fourth-order valence-corrected chi connectivity index (χ4v) is 2.25. The summed E-state index contributed by atoms with van der Waals surface area (Å²) in [6.45, 7) is 2.57. The topological polar surface area (TPSA) is 113 Å².